The highest BCUT2D eigenvalue weighted by atomic mass is 32.1. The molecule has 1 unspecified atom stereocenters. The van der Waals surface area contributed by atoms with Gasteiger partial charge in [-0.1, -0.05) is 37.3 Å². The van der Waals surface area contributed by atoms with Crippen LogP contribution >= 0.6 is 11.3 Å². The highest BCUT2D eigenvalue weighted by Gasteiger charge is 2.25. The van der Waals surface area contributed by atoms with Crippen molar-refractivity contribution in [3.8, 4) is 10.4 Å². The molecule has 1 aliphatic heterocycles. The molecule has 0 radical (unpaired) electrons. The Kier molecular flexibility index (Phi) is 3.83. The summed E-state index contributed by atoms with van der Waals surface area (Å²) < 4.78 is 0. The fourth-order valence-corrected chi connectivity index (χ4v) is 3.50. The SMILES string of the molecule is CC1CCCN(C(=O)c2ncsc2-c2ccccc2)C1. The van der Waals surface area contributed by atoms with Gasteiger partial charge in [-0.15, -0.1) is 11.3 Å². The maximum atomic E-state index is 12.7. The van der Waals surface area contributed by atoms with E-state index in [0.29, 0.717) is 11.6 Å². The normalized spacial score (nSPS) is 19.1. The number of benzene rings is 1. The first-order chi connectivity index (χ1) is 9.75. The number of likely N-dealkylation sites (tertiary alicyclic amines) is 1. The van der Waals surface area contributed by atoms with Gasteiger partial charge >= 0.3 is 0 Å². The molecule has 2 aromatic rings. The molecule has 1 amide bonds. The smallest absolute Gasteiger partial charge is 0.273 e. The third kappa shape index (κ3) is 2.61. The predicted molar refractivity (Wildman–Crippen MR) is 81.9 cm³/mol. The summed E-state index contributed by atoms with van der Waals surface area (Å²) in [6.45, 7) is 3.91. The molecule has 0 spiro atoms. The molecular formula is C16H18N2OS. The maximum Gasteiger partial charge on any atom is 0.273 e. The summed E-state index contributed by atoms with van der Waals surface area (Å²) in [5.74, 6) is 0.670. The first-order valence-electron chi connectivity index (χ1n) is 7.04. The minimum Gasteiger partial charge on any atom is -0.337 e. The lowest BCUT2D eigenvalue weighted by molar-refractivity contribution is 0.0678. The standard InChI is InChI=1S/C16H18N2OS/c1-12-6-5-9-18(10-12)16(19)14-15(20-11-17-14)13-7-3-2-4-8-13/h2-4,7-8,11-12H,5-6,9-10H2,1H3. The van der Waals surface area contributed by atoms with E-state index in [4.69, 9.17) is 0 Å². The number of hydrogen-bond donors (Lipinski definition) is 0. The first kappa shape index (κ1) is 13.3. The quantitative estimate of drug-likeness (QED) is 0.843. The zero-order chi connectivity index (χ0) is 13.9. The molecule has 0 saturated carbocycles. The van der Waals surface area contributed by atoms with Crippen LogP contribution in [0.3, 0.4) is 0 Å². The van der Waals surface area contributed by atoms with Crippen molar-refractivity contribution in [3.05, 3.63) is 41.5 Å². The van der Waals surface area contributed by atoms with Crippen molar-refractivity contribution in [1.29, 1.82) is 0 Å². The molecule has 1 atom stereocenters. The van der Waals surface area contributed by atoms with E-state index in [-0.39, 0.29) is 5.91 Å². The number of carbonyl (C=O) groups is 1. The number of hydrogen-bond acceptors (Lipinski definition) is 3. The van der Waals surface area contributed by atoms with Crippen molar-refractivity contribution in [1.82, 2.24) is 9.88 Å². The number of nitrogens with zero attached hydrogens (tertiary/aromatic N) is 2. The van der Waals surface area contributed by atoms with Gasteiger partial charge < -0.3 is 4.90 Å². The number of thiazole rings is 1. The second-order valence-electron chi connectivity index (χ2n) is 5.39. The fraction of sp³-hybridized carbons (Fsp3) is 0.375. The molecule has 0 N–H and O–H groups in total. The number of amides is 1. The number of aromatic nitrogens is 1. The molecule has 1 aliphatic rings. The molecule has 1 saturated heterocycles. The Bertz CT molecular complexity index is 594. The van der Waals surface area contributed by atoms with Crippen LogP contribution in [0.2, 0.25) is 0 Å². The first-order valence-corrected chi connectivity index (χ1v) is 7.92. The van der Waals surface area contributed by atoms with E-state index in [1.54, 1.807) is 5.51 Å². The van der Waals surface area contributed by atoms with Crippen molar-refractivity contribution in [2.24, 2.45) is 5.92 Å². The highest BCUT2D eigenvalue weighted by Crippen LogP contribution is 2.29. The van der Waals surface area contributed by atoms with Gasteiger partial charge in [-0.2, -0.15) is 0 Å². The van der Waals surface area contributed by atoms with Crippen molar-refractivity contribution < 1.29 is 4.79 Å². The zero-order valence-electron chi connectivity index (χ0n) is 11.6. The maximum absolute atomic E-state index is 12.7. The Morgan fingerprint density at radius 3 is 2.90 bits per heavy atom. The third-order valence-corrected chi connectivity index (χ3v) is 4.63. The van der Waals surface area contributed by atoms with E-state index in [9.17, 15) is 4.79 Å². The lowest BCUT2D eigenvalue weighted by atomic mass is 10.00. The van der Waals surface area contributed by atoms with Gasteiger partial charge in [0.2, 0.25) is 0 Å². The van der Waals surface area contributed by atoms with Gasteiger partial charge in [0, 0.05) is 13.1 Å². The second-order valence-corrected chi connectivity index (χ2v) is 6.25. The zero-order valence-corrected chi connectivity index (χ0v) is 12.4. The summed E-state index contributed by atoms with van der Waals surface area (Å²) in [5.41, 5.74) is 3.45. The van der Waals surface area contributed by atoms with Crippen LogP contribution in [0.5, 0.6) is 0 Å². The van der Waals surface area contributed by atoms with Gasteiger partial charge in [-0.3, -0.25) is 4.79 Å². The van der Waals surface area contributed by atoms with Gasteiger partial charge in [0.1, 0.15) is 5.69 Å². The Morgan fingerprint density at radius 1 is 1.35 bits per heavy atom. The van der Waals surface area contributed by atoms with Crippen LogP contribution in [-0.2, 0) is 0 Å². The van der Waals surface area contributed by atoms with Crippen molar-refractivity contribution in [2.75, 3.05) is 13.1 Å². The Morgan fingerprint density at radius 2 is 2.15 bits per heavy atom. The molecule has 4 heteroatoms. The molecule has 1 aromatic carbocycles. The fourth-order valence-electron chi connectivity index (χ4n) is 2.72. The van der Waals surface area contributed by atoms with Crippen LogP contribution in [-0.4, -0.2) is 28.9 Å². The lowest BCUT2D eigenvalue weighted by Gasteiger charge is -2.30. The Hall–Kier alpha value is -1.68. The summed E-state index contributed by atoms with van der Waals surface area (Å²) >= 11 is 1.54. The molecule has 104 valence electrons. The van der Waals surface area contributed by atoms with E-state index >= 15 is 0 Å². The number of rotatable bonds is 2. The average molecular weight is 286 g/mol. The Labute approximate surface area is 123 Å². The summed E-state index contributed by atoms with van der Waals surface area (Å²) in [7, 11) is 0. The van der Waals surface area contributed by atoms with E-state index < -0.39 is 0 Å². The molecule has 1 fully saturated rings. The lowest BCUT2D eigenvalue weighted by Crippen LogP contribution is -2.39. The summed E-state index contributed by atoms with van der Waals surface area (Å²) in [5, 5.41) is 0. The van der Waals surface area contributed by atoms with E-state index in [0.717, 1.165) is 30.0 Å². The molecule has 20 heavy (non-hydrogen) atoms. The number of piperidine rings is 1. The second kappa shape index (κ2) is 5.75. The van der Waals surface area contributed by atoms with Crippen LogP contribution in [0.4, 0.5) is 0 Å². The molecule has 2 heterocycles. The third-order valence-electron chi connectivity index (χ3n) is 3.75. The van der Waals surface area contributed by atoms with Crippen LogP contribution in [0.15, 0.2) is 35.8 Å². The van der Waals surface area contributed by atoms with Gasteiger partial charge in [0.15, 0.2) is 0 Å². The van der Waals surface area contributed by atoms with Gasteiger partial charge in [0.25, 0.3) is 5.91 Å². The predicted octanol–water partition coefficient (Wildman–Crippen LogP) is 3.68. The van der Waals surface area contributed by atoms with E-state index in [2.05, 4.69) is 11.9 Å². The van der Waals surface area contributed by atoms with Gasteiger partial charge in [-0.05, 0) is 24.3 Å². The molecule has 0 bridgehead atoms. The molecule has 0 aliphatic carbocycles. The topological polar surface area (TPSA) is 33.2 Å². The molecule has 3 rings (SSSR count). The minimum absolute atomic E-state index is 0.0802. The average Bonchev–Trinajstić information content (AvgIpc) is 2.97. The number of carbonyl (C=O) groups excluding carboxylic acids is 1. The van der Waals surface area contributed by atoms with Gasteiger partial charge in [0.05, 0.1) is 10.4 Å². The van der Waals surface area contributed by atoms with Gasteiger partial charge in [-0.25, -0.2) is 4.98 Å². The molecular weight excluding hydrogens is 268 g/mol. The monoisotopic (exact) mass is 286 g/mol. The highest BCUT2D eigenvalue weighted by molar-refractivity contribution is 7.13. The van der Waals surface area contributed by atoms with E-state index in [1.807, 2.05) is 35.2 Å². The summed E-state index contributed by atoms with van der Waals surface area (Å²) in [6.07, 6.45) is 2.31. The molecule has 1 aromatic heterocycles. The minimum atomic E-state index is 0.0802. The Balaban J connectivity index is 1.88. The van der Waals surface area contributed by atoms with Crippen LogP contribution in [0.25, 0.3) is 10.4 Å². The van der Waals surface area contributed by atoms with Crippen LogP contribution < -0.4 is 0 Å². The van der Waals surface area contributed by atoms with Crippen LogP contribution in [0.1, 0.15) is 30.3 Å². The van der Waals surface area contributed by atoms with Crippen molar-refractivity contribution >= 4 is 17.2 Å². The van der Waals surface area contributed by atoms with Crippen molar-refractivity contribution in [2.45, 2.75) is 19.8 Å². The molecule has 3 nitrogen and oxygen atoms in total. The van der Waals surface area contributed by atoms with Crippen molar-refractivity contribution in [3.63, 3.8) is 0 Å². The largest absolute Gasteiger partial charge is 0.337 e. The summed E-state index contributed by atoms with van der Waals surface area (Å²) in [6, 6.07) is 10.0. The summed E-state index contributed by atoms with van der Waals surface area (Å²) in [4.78, 5) is 19.9. The van der Waals surface area contributed by atoms with E-state index in [1.165, 1.54) is 17.8 Å². The van der Waals surface area contributed by atoms with Crippen LogP contribution in [0, 0.1) is 5.92 Å².